The lowest BCUT2D eigenvalue weighted by molar-refractivity contribution is -0.125. The number of hydrogen-bond donors (Lipinski definition) is 1. The Morgan fingerprint density at radius 2 is 1.84 bits per heavy atom. The number of aromatic nitrogens is 2. The van der Waals surface area contributed by atoms with Crippen LogP contribution in [0.5, 0.6) is 0 Å². The molecule has 0 aliphatic carbocycles. The van der Waals surface area contributed by atoms with Gasteiger partial charge in [-0.25, -0.2) is 9.97 Å². The lowest BCUT2D eigenvalue weighted by Gasteiger charge is -2.33. The first kappa shape index (κ1) is 21.0. The van der Waals surface area contributed by atoms with Crippen molar-refractivity contribution >= 4 is 11.7 Å². The Labute approximate surface area is 184 Å². The zero-order valence-electron chi connectivity index (χ0n) is 18.1. The number of benzene rings is 2. The molecule has 1 N–H and O–H groups in total. The normalized spacial score (nSPS) is 17.2. The second-order valence-corrected chi connectivity index (χ2v) is 8.32. The van der Waals surface area contributed by atoms with Crippen molar-refractivity contribution < 1.29 is 4.79 Å². The van der Waals surface area contributed by atoms with E-state index in [2.05, 4.69) is 46.4 Å². The van der Waals surface area contributed by atoms with E-state index in [0.717, 1.165) is 49.4 Å². The summed E-state index contributed by atoms with van der Waals surface area (Å²) in [5, 5.41) is 3.23. The van der Waals surface area contributed by atoms with Crippen molar-refractivity contribution in [1.82, 2.24) is 15.3 Å². The highest BCUT2D eigenvalue weighted by Gasteiger charge is 2.27. The molecule has 1 fully saturated rings. The van der Waals surface area contributed by atoms with Gasteiger partial charge in [-0.3, -0.25) is 4.79 Å². The van der Waals surface area contributed by atoms with Crippen LogP contribution in [0.2, 0.25) is 0 Å². The van der Waals surface area contributed by atoms with E-state index >= 15 is 0 Å². The quantitative estimate of drug-likeness (QED) is 0.619. The maximum absolute atomic E-state index is 12.9. The first-order valence-electron chi connectivity index (χ1n) is 11.2. The highest BCUT2D eigenvalue weighted by atomic mass is 16.2. The standard InChI is InChI=1S/C26H30N4O/c1-20(14-15-21-9-4-2-5-10-21)28-26(31)23-13-8-18-30(19-23)24-16-17-27-25(29-24)22-11-6-3-7-12-22/h2-7,9-12,16-17,20,23H,8,13-15,18-19H2,1H3,(H,28,31). The van der Waals surface area contributed by atoms with Crippen molar-refractivity contribution in [2.45, 2.75) is 38.6 Å². The molecule has 0 saturated carbocycles. The molecule has 4 rings (SSSR count). The average Bonchev–Trinajstić information content (AvgIpc) is 2.84. The largest absolute Gasteiger partial charge is 0.356 e. The van der Waals surface area contributed by atoms with Crippen LogP contribution in [0, 0.1) is 5.92 Å². The number of rotatable bonds is 7. The smallest absolute Gasteiger partial charge is 0.225 e. The first-order chi connectivity index (χ1) is 15.2. The SMILES string of the molecule is CC(CCc1ccccc1)NC(=O)C1CCCN(c2ccnc(-c3ccccc3)n2)C1. The van der Waals surface area contributed by atoms with Crippen LogP contribution in [0.4, 0.5) is 5.82 Å². The van der Waals surface area contributed by atoms with Gasteiger partial charge in [0.1, 0.15) is 5.82 Å². The topological polar surface area (TPSA) is 58.1 Å². The Morgan fingerprint density at radius 3 is 2.61 bits per heavy atom. The van der Waals surface area contributed by atoms with Crippen LogP contribution in [-0.2, 0) is 11.2 Å². The summed E-state index contributed by atoms with van der Waals surface area (Å²) in [5.41, 5.74) is 2.31. The van der Waals surface area contributed by atoms with E-state index in [1.54, 1.807) is 6.20 Å². The van der Waals surface area contributed by atoms with Crippen molar-refractivity contribution in [1.29, 1.82) is 0 Å². The maximum atomic E-state index is 12.9. The number of piperidine rings is 1. The maximum Gasteiger partial charge on any atom is 0.225 e. The van der Waals surface area contributed by atoms with Gasteiger partial charge in [0.15, 0.2) is 5.82 Å². The minimum atomic E-state index is -0.0111. The number of anilines is 1. The predicted octanol–water partition coefficient (Wildman–Crippen LogP) is 4.50. The summed E-state index contributed by atoms with van der Waals surface area (Å²) < 4.78 is 0. The minimum Gasteiger partial charge on any atom is -0.356 e. The molecule has 160 valence electrons. The fourth-order valence-corrected chi connectivity index (χ4v) is 4.11. The van der Waals surface area contributed by atoms with E-state index < -0.39 is 0 Å². The number of nitrogens with zero attached hydrogens (tertiary/aromatic N) is 3. The van der Waals surface area contributed by atoms with Crippen LogP contribution in [-0.4, -0.2) is 35.0 Å². The predicted molar refractivity (Wildman–Crippen MR) is 125 cm³/mol. The molecular formula is C26H30N4O. The van der Waals surface area contributed by atoms with Gasteiger partial charge in [0, 0.05) is 30.9 Å². The zero-order valence-corrected chi connectivity index (χ0v) is 18.1. The molecule has 3 aromatic rings. The van der Waals surface area contributed by atoms with Crippen LogP contribution in [0.25, 0.3) is 11.4 Å². The van der Waals surface area contributed by atoms with Crippen LogP contribution in [0.3, 0.4) is 0 Å². The second kappa shape index (κ2) is 10.2. The summed E-state index contributed by atoms with van der Waals surface area (Å²) in [4.78, 5) is 24.3. The van der Waals surface area contributed by atoms with Gasteiger partial charge in [-0.1, -0.05) is 60.7 Å². The van der Waals surface area contributed by atoms with Gasteiger partial charge in [0.2, 0.25) is 5.91 Å². The number of carbonyl (C=O) groups excluding carboxylic acids is 1. The molecule has 31 heavy (non-hydrogen) atoms. The molecule has 2 aromatic carbocycles. The number of amides is 1. The van der Waals surface area contributed by atoms with E-state index in [4.69, 9.17) is 4.98 Å². The Hall–Kier alpha value is -3.21. The Kier molecular flexibility index (Phi) is 6.92. The highest BCUT2D eigenvalue weighted by molar-refractivity contribution is 5.79. The van der Waals surface area contributed by atoms with E-state index in [1.807, 2.05) is 42.5 Å². The van der Waals surface area contributed by atoms with Gasteiger partial charge >= 0.3 is 0 Å². The van der Waals surface area contributed by atoms with Gasteiger partial charge in [-0.05, 0) is 44.2 Å². The lowest BCUT2D eigenvalue weighted by atomic mass is 9.96. The monoisotopic (exact) mass is 414 g/mol. The van der Waals surface area contributed by atoms with Crippen molar-refractivity contribution in [2.75, 3.05) is 18.0 Å². The van der Waals surface area contributed by atoms with Gasteiger partial charge in [0.25, 0.3) is 0 Å². The summed E-state index contributed by atoms with van der Waals surface area (Å²) in [6.45, 7) is 3.71. The Morgan fingerprint density at radius 1 is 1.10 bits per heavy atom. The van der Waals surface area contributed by atoms with Gasteiger partial charge in [-0.15, -0.1) is 0 Å². The molecule has 1 aliphatic rings. The Bertz CT molecular complexity index is 977. The third kappa shape index (κ3) is 5.69. The molecule has 5 nitrogen and oxygen atoms in total. The van der Waals surface area contributed by atoms with Gasteiger partial charge < -0.3 is 10.2 Å². The second-order valence-electron chi connectivity index (χ2n) is 8.32. The molecule has 2 heterocycles. The summed E-state index contributed by atoms with van der Waals surface area (Å²) in [7, 11) is 0. The molecule has 1 amide bonds. The van der Waals surface area contributed by atoms with Gasteiger partial charge in [0.05, 0.1) is 5.92 Å². The fraction of sp³-hybridized carbons (Fsp3) is 0.346. The average molecular weight is 415 g/mol. The van der Waals surface area contributed by atoms with Crippen LogP contribution in [0.15, 0.2) is 72.9 Å². The number of carbonyl (C=O) groups is 1. The first-order valence-corrected chi connectivity index (χ1v) is 11.2. The number of nitrogens with one attached hydrogen (secondary N) is 1. The summed E-state index contributed by atoms with van der Waals surface area (Å²) >= 11 is 0. The number of hydrogen-bond acceptors (Lipinski definition) is 4. The Balaban J connectivity index is 1.34. The minimum absolute atomic E-state index is 0.0111. The van der Waals surface area contributed by atoms with Gasteiger partial charge in [-0.2, -0.15) is 0 Å². The zero-order chi connectivity index (χ0) is 21.5. The molecule has 0 bridgehead atoms. The molecule has 2 unspecified atom stereocenters. The van der Waals surface area contributed by atoms with Crippen LogP contribution in [0.1, 0.15) is 31.7 Å². The van der Waals surface area contributed by atoms with Crippen molar-refractivity contribution in [3.63, 3.8) is 0 Å². The molecule has 0 radical (unpaired) electrons. The number of aryl methyl sites for hydroxylation is 1. The summed E-state index contributed by atoms with van der Waals surface area (Å²) in [6, 6.07) is 22.5. The molecule has 1 saturated heterocycles. The highest BCUT2D eigenvalue weighted by Crippen LogP contribution is 2.24. The van der Waals surface area contributed by atoms with Crippen molar-refractivity contribution in [3.8, 4) is 11.4 Å². The van der Waals surface area contributed by atoms with Crippen molar-refractivity contribution in [2.24, 2.45) is 5.92 Å². The third-order valence-corrected chi connectivity index (χ3v) is 5.89. The third-order valence-electron chi connectivity index (χ3n) is 5.89. The van der Waals surface area contributed by atoms with E-state index in [1.165, 1.54) is 5.56 Å². The summed E-state index contributed by atoms with van der Waals surface area (Å²) in [6.07, 6.45) is 5.63. The lowest BCUT2D eigenvalue weighted by Crippen LogP contribution is -2.45. The molecular weight excluding hydrogens is 384 g/mol. The molecule has 1 aliphatic heterocycles. The van der Waals surface area contributed by atoms with Crippen LogP contribution >= 0.6 is 0 Å². The van der Waals surface area contributed by atoms with Crippen molar-refractivity contribution in [3.05, 3.63) is 78.5 Å². The molecule has 2 atom stereocenters. The molecule has 5 heteroatoms. The van der Waals surface area contributed by atoms with E-state index in [-0.39, 0.29) is 17.9 Å². The summed E-state index contributed by atoms with van der Waals surface area (Å²) in [5.74, 6) is 1.76. The molecule has 0 spiro atoms. The fourth-order valence-electron chi connectivity index (χ4n) is 4.11. The van der Waals surface area contributed by atoms with E-state index in [0.29, 0.717) is 6.54 Å². The molecule has 1 aromatic heterocycles. The van der Waals surface area contributed by atoms with Crippen LogP contribution < -0.4 is 10.2 Å². The van der Waals surface area contributed by atoms with E-state index in [9.17, 15) is 4.79 Å².